The van der Waals surface area contributed by atoms with Crippen LogP contribution in [0.1, 0.15) is 30.0 Å². The maximum Gasteiger partial charge on any atom is 0.258 e. The first kappa shape index (κ1) is 18.1. The number of carbonyl (C=O) groups excluding carboxylic acids is 1. The lowest BCUT2D eigenvalue weighted by Crippen LogP contribution is -2.01. The number of hydrogen-bond acceptors (Lipinski definition) is 6. The van der Waals surface area contributed by atoms with Crippen LogP contribution in [0.4, 0.5) is 0 Å². The van der Waals surface area contributed by atoms with Crippen LogP contribution in [0.5, 0.6) is 5.75 Å². The predicted octanol–water partition coefficient (Wildman–Crippen LogP) is 2.96. The van der Waals surface area contributed by atoms with Gasteiger partial charge in [0.2, 0.25) is 11.7 Å². The van der Waals surface area contributed by atoms with Gasteiger partial charge in [-0.05, 0) is 48.6 Å². The van der Waals surface area contributed by atoms with Crippen LogP contribution in [0.25, 0.3) is 22.8 Å². The van der Waals surface area contributed by atoms with E-state index in [2.05, 4.69) is 21.9 Å². The lowest BCUT2D eigenvalue weighted by Gasteiger charge is -2.03. The summed E-state index contributed by atoms with van der Waals surface area (Å²) in [7, 11) is 0. The zero-order valence-corrected chi connectivity index (χ0v) is 14.8. The van der Waals surface area contributed by atoms with Gasteiger partial charge in [0.1, 0.15) is 11.8 Å². The molecule has 0 bridgehead atoms. The summed E-state index contributed by atoms with van der Waals surface area (Å²) in [6.45, 7) is 1.31. The van der Waals surface area contributed by atoms with E-state index in [9.17, 15) is 9.90 Å². The molecule has 0 radical (unpaired) electrons. The Hall–Kier alpha value is -3.66. The standard InChI is InChI=1S/C18H13N3O2.C2H5NO/c19-10-13-9-12(7-8-16(13)22)18-20-17(21-23-18)15-6-2-4-11-3-1-5-14(11)15;1-2(3)4/h2,4,6-9,22H,1,3,5H2;1H3,(H2,3,4). The van der Waals surface area contributed by atoms with Gasteiger partial charge >= 0.3 is 0 Å². The minimum absolute atomic E-state index is 0.0585. The highest BCUT2D eigenvalue weighted by atomic mass is 16.5. The van der Waals surface area contributed by atoms with Gasteiger partial charge in [0.15, 0.2) is 0 Å². The van der Waals surface area contributed by atoms with Crippen molar-refractivity contribution < 1.29 is 14.4 Å². The molecule has 27 heavy (non-hydrogen) atoms. The zero-order chi connectivity index (χ0) is 19.4. The van der Waals surface area contributed by atoms with Crippen molar-refractivity contribution in [2.45, 2.75) is 26.2 Å². The fraction of sp³-hybridized carbons (Fsp3) is 0.200. The predicted molar refractivity (Wildman–Crippen MR) is 98.4 cm³/mol. The number of aromatic nitrogens is 2. The Labute approximate surface area is 156 Å². The summed E-state index contributed by atoms with van der Waals surface area (Å²) >= 11 is 0. The molecule has 136 valence electrons. The summed E-state index contributed by atoms with van der Waals surface area (Å²) in [6.07, 6.45) is 3.28. The number of aromatic hydroxyl groups is 1. The minimum atomic E-state index is -0.333. The van der Waals surface area contributed by atoms with Crippen molar-refractivity contribution >= 4 is 5.91 Å². The molecule has 3 aromatic rings. The quantitative estimate of drug-likeness (QED) is 0.722. The van der Waals surface area contributed by atoms with Crippen molar-refractivity contribution in [1.82, 2.24) is 10.1 Å². The second-order valence-electron chi connectivity index (χ2n) is 6.17. The smallest absolute Gasteiger partial charge is 0.258 e. The normalized spacial score (nSPS) is 11.9. The van der Waals surface area contributed by atoms with E-state index >= 15 is 0 Å². The highest BCUT2D eigenvalue weighted by molar-refractivity contribution is 5.70. The molecule has 7 heteroatoms. The number of nitrogens with two attached hydrogens (primary N) is 1. The third kappa shape index (κ3) is 3.96. The van der Waals surface area contributed by atoms with E-state index in [1.54, 1.807) is 12.1 Å². The molecular formula is C20H18N4O3. The molecule has 1 heterocycles. The minimum Gasteiger partial charge on any atom is -0.507 e. The maximum atomic E-state index is 9.58. The van der Waals surface area contributed by atoms with Gasteiger partial charge in [-0.25, -0.2) is 0 Å². The van der Waals surface area contributed by atoms with Crippen molar-refractivity contribution in [3.8, 4) is 34.7 Å². The molecule has 1 aromatic heterocycles. The SMILES string of the molecule is CC(N)=O.N#Cc1cc(-c2nc(-c3cccc4c3CCC4)no2)ccc1O. The first-order valence-corrected chi connectivity index (χ1v) is 8.44. The number of rotatable bonds is 2. The summed E-state index contributed by atoms with van der Waals surface area (Å²) in [5, 5.41) is 22.7. The molecule has 0 spiro atoms. The Kier molecular flexibility index (Phi) is 5.18. The lowest BCUT2D eigenvalue weighted by molar-refractivity contribution is -0.115. The Morgan fingerprint density at radius 2 is 2.07 bits per heavy atom. The van der Waals surface area contributed by atoms with Gasteiger partial charge in [-0.1, -0.05) is 23.4 Å². The van der Waals surface area contributed by atoms with Gasteiger partial charge in [-0.2, -0.15) is 10.2 Å². The van der Waals surface area contributed by atoms with Crippen molar-refractivity contribution in [1.29, 1.82) is 5.26 Å². The number of benzene rings is 2. The molecule has 1 aliphatic rings. The molecule has 4 rings (SSSR count). The highest BCUT2D eigenvalue weighted by Gasteiger charge is 2.19. The van der Waals surface area contributed by atoms with Crippen LogP contribution in [0.2, 0.25) is 0 Å². The Morgan fingerprint density at radius 3 is 2.81 bits per heavy atom. The molecule has 1 amide bonds. The first-order valence-electron chi connectivity index (χ1n) is 8.44. The molecule has 0 aliphatic heterocycles. The molecule has 0 atom stereocenters. The van der Waals surface area contributed by atoms with E-state index in [0.717, 1.165) is 24.8 Å². The fourth-order valence-electron chi connectivity index (χ4n) is 3.04. The third-order valence-corrected chi connectivity index (χ3v) is 4.18. The van der Waals surface area contributed by atoms with E-state index < -0.39 is 0 Å². The van der Waals surface area contributed by atoms with E-state index in [4.69, 9.17) is 9.78 Å². The van der Waals surface area contributed by atoms with Crippen molar-refractivity contribution in [2.75, 3.05) is 0 Å². The van der Waals surface area contributed by atoms with Crippen LogP contribution >= 0.6 is 0 Å². The summed E-state index contributed by atoms with van der Waals surface area (Å²) in [4.78, 5) is 13.7. The Bertz CT molecular complexity index is 1030. The summed E-state index contributed by atoms with van der Waals surface area (Å²) in [6, 6.07) is 12.8. The van der Waals surface area contributed by atoms with Gasteiger partial charge in [0, 0.05) is 18.1 Å². The number of amides is 1. The van der Waals surface area contributed by atoms with Gasteiger partial charge in [-0.3, -0.25) is 4.79 Å². The molecule has 3 N–H and O–H groups in total. The van der Waals surface area contributed by atoms with Gasteiger partial charge in [0.05, 0.1) is 5.56 Å². The number of nitrogens with zero attached hydrogens (tertiary/aromatic N) is 3. The molecule has 7 nitrogen and oxygen atoms in total. The second-order valence-corrected chi connectivity index (χ2v) is 6.17. The largest absolute Gasteiger partial charge is 0.507 e. The average molecular weight is 362 g/mol. The van der Waals surface area contributed by atoms with Gasteiger partial charge in [-0.15, -0.1) is 0 Å². The Morgan fingerprint density at radius 1 is 1.30 bits per heavy atom. The molecule has 0 fully saturated rings. The molecule has 2 aromatic carbocycles. The average Bonchev–Trinajstić information content (AvgIpc) is 3.31. The molecular weight excluding hydrogens is 344 g/mol. The van der Waals surface area contributed by atoms with Gasteiger partial charge in [0.25, 0.3) is 5.89 Å². The summed E-state index contributed by atoms with van der Waals surface area (Å²) in [5.41, 5.74) is 8.93. The lowest BCUT2D eigenvalue weighted by atomic mass is 10.0. The van der Waals surface area contributed by atoms with Crippen LogP contribution in [0.3, 0.4) is 0 Å². The highest BCUT2D eigenvalue weighted by Crippen LogP contribution is 2.32. The molecule has 0 saturated heterocycles. The number of aryl methyl sites for hydroxylation is 1. The number of phenolic OH excluding ortho intramolecular Hbond substituents is 1. The van der Waals surface area contributed by atoms with Crippen molar-refractivity contribution in [3.63, 3.8) is 0 Å². The summed E-state index contributed by atoms with van der Waals surface area (Å²) < 4.78 is 5.35. The number of primary amides is 1. The molecule has 0 saturated carbocycles. The van der Waals surface area contributed by atoms with E-state index in [1.807, 2.05) is 18.2 Å². The third-order valence-electron chi connectivity index (χ3n) is 4.18. The maximum absolute atomic E-state index is 9.58. The van der Waals surface area contributed by atoms with E-state index in [-0.39, 0.29) is 17.2 Å². The van der Waals surface area contributed by atoms with Gasteiger partial charge < -0.3 is 15.4 Å². The van der Waals surface area contributed by atoms with Crippen LogP contribution in [0.15, 0.2) is 40.9 Å². The number of hydrogen-bond donors (Lipinski definition) is 2. The monoisotopic (exact) mass is 362 g/mol. The number of carbonyl (C=O) groups is 1. The second kappa shape index (κ2) is 7.70. The summed E-state index contributed by atoms with van der Waals surface area (Å²) in [5.74, 6) is 0.509. The molecule has 0 unspecified atom stereocenters. The number of phenols is 1. The van der Waals surface area contributed by atoms with E-state index in [1.165, 1.54) is 24.1 Å². The van der Waals surface area contributed by atoms with Crippen LogP contribution in [-0.2, 0) is 17.6 Å². The first-order chi connectivity index (χ1) is 13.0. The number of nitriles is 1. The topological polar surface area (TPSA) is 126 Å². The number of fused-ring (bicyclic) bond motifs is 1. The zero-order valence-electron chi connectivity index (χ0n) is 14.8. The fourth-order valence-corrected chi connectivity index (χ4v) is 3.04. The molecule has 1 aliphatic carbocycles. The van der Waals surface area contributed by atoms with Crippen molar-refractivity contribution in [2.24, 2.45) is 5.73 Å². The van der Waals surface area contributed by atoms with Crippen molar-refractivity contribution in [3.05, 3.63) is 53.1 Å². The van der Waals surface area contributed by atoms with Crippen LogP contribution in [-0.4, -0.2) is 21.2 Å². The van der Waals surface area contributed by atoms with Crippen LogP contribution in [0, 0.1) is 11.3 Å². The van der Waals surface area contributed by atoms with Crippen LogP contribution < -0.4 is 5.73 Å². The van der Waals surface area contributed by atoms with E-state index in [0.29, 0.717) is 17.3 Å². The Balaban J connectivity index is 0.000000481.